The number of amides is 1. The van der Waals surface area contributed by atoms with Gasteiger partial charge in [-0.3, -0.25) is 9.69 Å². The molecule has 1 aliphatic carbocycles. The molecule has 0 aromatic heterocycles. The highest BCUT2D eigenvalue weighted by Gasteiger charge is 2.30. The molecule has 2 aliphatic rings. The van der Waals surface area contributed by atoms with Crippen LogP contribution >= 0.6 is 24.8 Å². The van der Waals surface area contributed by atoms with Crippen LogP contribution in [0.15, 0.2) is 0 Å². The summed E-state index contributed by atoms with van der Waals surface area (Å²) in [6.45, 7) is 8.84. The fourth-order valence-electron chi connectivity index (χ4n) is 4.06. The van der Waals surface area contributed by atoms with Crippen LogP contribution in [0.3, 0.4) is 0 Å². The lowest BCUT2D eigenvalue weighted by Gasteiger charge is -2.42. The van der Waals surface area contributed by atoms with Gasteiger partial charge < -0.3 is 15.4 Å². The van der Waals surface area contributed by atoms with Crippen molar-refractivity contribution in [3.05, 3.63) is 0 Å². The lowest BCUT2D eigenvalue weighted by atomic mass is 9.79. The monoisotopic (exact) mass is 397 g/mol. The predicted octanol–water partition coefficient (Wildman–Crippen LogP) is 2.55. The normalized spacial score (nSPS) is 25.9. The zero-order chi connectivity index (χ0) is 16.8. The molecule has 1 heterocycles. The second-order valence-corrected chi connectivity index (χ2v) is 7.53. The van der Waals surface area contributed by atoms with Crippen molar-refractivity contribution in [1.82, 2.24) is 9.80 Å². The molecule has 25 heavy (non-hydrogen) atoms. The maximum atomic E-state index is 12.3. The van der Waals surface area contributed by atoms with E-state index in [1.165, 1.54) is 25.7 Å². The third kappa shape index (κ3) is 7.22. The summed E-state index contributed by atoms with van der Waals surface area (Å²) in [4.78, 5) is 16.9. The standard InChI is InChI=1S/C18H35N3O2.2ClH/c1-14(2)15-4-6-16(7-5-15)20-8-10-21(11-9-20)18(22)12-17(13-19)23-3;;/h14-17H,4-13,19H2,1-3H3;2*1H. The van der Waals surface area contributed by atoms with Crippen molar-refractivity contribution in [2.75, 3.05) is 39.8 Å². The van der Waals surface area contributed by atoms with Crippen LogP contribution in [0.25, 0.3) is 0 Å². The molecule has 0 aromatic rings. The zero-order valence-corrected chi connectivity index (χ0v) is 17.6. The number of rotatable bonds is 6. The van der Waals surface area contributed by atoms with Gasteiger partial charge in [0.1, 0.15) is 0 Å². The van der Waals surface area contributed by atoms with Crippen molar-refractivity contribution in [1.29, 1.82) is 0 Å². The van der Waals surface area contributed by atoms with E-state index in [-0.39, 0.29) is 36.8 Å². The Morgan fingerprint density at radius 2 is 1.64 bits per heavy atom. The average Bonchev–Trinajstić information content (AvgIpc) is 2.59. The highest BCUT2D eigenvalue weighted by molar-refractivity contribution is 5.85. The van der Waals surface area contributed by atoms with Crippen LogP contribution in [0.5, 0.6) is 0 Å². The Morgan fingerprint density at radius 3 is 2.08 bits per heavy atom. The van der Waals surface area contributed by atoms with E-state index in [0.29, 0.717) is 13.0 Å². The summed E-state index contributed by atoms with van der Waals surface area (Å²) in [5.74, 6) is 1.92. The minimum atomic E-state index is -0.146. The molecular formula is C18H37Cl2N3O2. The number of halogens is 2. The molecule has 0 spiro atoms. The third-order valence-electron chi connectivity index (χ3n) is 5.87. The van der Waals surface area contributed by atoms with Crippen LogP contribution < -0.4 is 5.73 Å². The quantitative estimate of drug-likeness (QED) is 0.747. The molecule has 2 rings (SSSR count). The summed E-state index contributed by atoms with van der Waals surface area (Å²) in [5, 5.41) is 0. The minimum absolute atomic E-state index is 0. The molecule has 2 N–H and O–H groups in total. The number of piperazine rings is 1. The number of nitrogens with two attached hydrogens (primary N) is 1. The molecule has 1 unspecified atom stereocenters. The van der Waals surface area contributed by atoms with Crippen LogP contribution in [-0.2, 0) is 9.53 Å². The fraction of sp³-hybridized carbons (Fsp3) is 0.944. The molecule has 150 valence electrons. The summed E-state index contributed by atoms with van der Waals surface area (Å²) in [6.07, 6.45) is 5.66. The second-order valence-electron chi connectivity index (χ2n) is 7.53. The van der Waals surface area contributed by atoms with Gasteiger partial charge in [0.25, 0.3) is 0 Å². The molecule has 1 aliphatic heterocycles. The largest absolute Gasteiger partial charge is 0.380 e. The number of hydrogen-bond donors (Lipinski definition) is 1. The lowest BCUT2D eigenvalue weighted by Crippen LogP contribution is -2.53. The van der Waals surface area contributed by atoms with E-state index in [9.17, 15) is 4.79 Å². The van der Waals surface area contributed by atoms with Gasteiger partial charge in [-0.2, -0.15) is 0 Å². The lowest BCUT2D eigenvalue weighted by molar-refractivity contribution is -0.135. The van der Waals surface area contributed by atoms with Crippen molar-refractivity contribution in [3.8, 4) is 0 Å². The summed E-state index contributed by atoms with van der Waals surface area (Å²) in [7, 11) is 1.62. The predicted molar refractivity (Wildman–Crippen MR) is 108 cm³/mol. The molecule has 5 nitrogen and oxygen atoms in total. The van der Waals surface area contributed by atoms with E-state index in [0.717, 1.165) is 44.1 Å². The van der Waals surface area contributed by atoms with Crippen LogP contribution in [0, 0.1) is 11.8 Å². The highest BCUT2D eigenvalue weighted by Crippen LogP contribution is 2.32. The van der Waals surface area contributed by atoms with Gasteiger partial charge >= 0.3 is 0 Å². The first-order valence-corrected chi connectivity index (χ1v) is 9.29. The smallest absolute Gasteiger partial charge is 0.225 e. The van der Waals surface area contributed by atoms with E-state index in [1.54, 1.807) is 7.11 Å². The Labute approximate surface area is 165 Å². The van der Waals surface area contributed by atoms with Gasteiger partial charge in [-0.15, -0.1) is 24.8 Å². The summed E-state index contributed by atoms with van der Waals surface area (Å²) in [5.41, 5.74) is 5.61. The first-order valence-electron chi connectivity index (χ1n) is 9.29. The van der Waals surface area contributed by atoms with Crippen LogP contribution in [-0.4, -0.2) is 67.7 Å². The van der Waals surface area contributed by atoms with Crippen molar-refractivity contribution in [2.45, 2.75) is 58.1 Å². The van der Waals surface area contributed by atoms with Crippen molar-refractivity contribution in [2.24, 2.45) is 17.6 Å². The van der Waals surface area contributed by atoms with Crippen molar-refractivity contribution < 1.29 is 9.53 Å². The van der Waals surface area contributed by atoms with E-state index in [1.807, 2.05) is 4.90 Å². The van der Waals surface area contributed by atoms with Gasteiger partial charge in [-0.25, -0.2) is 0 Å². The summed E-state index contributed by atoms with van der Waals surface area (Å²) >= 11 is 0. The third-order valence-corrected chi connectivity index (χ3v) is 5.87. The van der Waals surface area contributed by atoms with Gasteiger partial charge in [-0.05, 0) is 37.5 Å². The van der Waals surface area contributed by atoms with Gasteiger partial charge in [0.2, 0.25) is 5.91 Å². The number of methoxy groups -OCH3 is 1. The minimum Gasteiger partial charge on any atom is -0.380 e. The average molecular weight is 398 g/mol. The van der Waals surface area contributed by atoms with Crippen molar-refractivity contribution >= 4 is 30.7 Å². The Bertz CT molecular complexity index is 365. The maximum Gasteiger partial charge on any atom is 0.225 e. The van der Waals surface area contributed by atoms with Gasteiger partial charge in [-0.1, -0.05) is 13.8 Å². The molecule has 1 saturated heterocycles. The molecule has 1 saturated carbocycles. The summed E-state index contributed by atoms with van der Waals surface area (Å²) in [6, 6.07) is 0.734. The number of carbonyl (C=O) groups excluding carboxylic acids is 1. The van der Waals surface area contributed by atoms with E-state index < -0.39 is 0 Å². The Kier molecular flexibility index (Phi) is 12.3. The van der Waals surface area contributed by atoms with Gasteiger partial charge in [0, 0.05) is 45.9 Å². The topological polar surface area (TPSA) is 58.8 Å². The van der Waals surface area contributed by atoms with E-state index in [2.05, 4.69) is 18.7 Å². The molecule has 0 bridgehead atoms. The number of ether oxygens (including phenoxy) is 1. The van der Waals surface area contributed by atoms with Gasteiger partial charge in [0.05, 0.1) is 12.5 Å². The molecule has 1 amide bonds. The molecule has 2 fully saturated rings. The molecule has 0 radical (unpaired) electrons. The molecule has 1 atom stereocenters. The Balaban J connectivity index is 0.00000288. The van der Waals surface area contributed by atoms with Crippen LogP contribution in [0.4, 0.5) is 0 Å². The molecular weight excluding hydrogens is 361 g/mol. The number of nitrogens with zero attached hydrogens (tertiary/aromatic N) is 2. The van der Waals surface area contributed by atoms with Crippen LogP contribution in [0.2, 0.25) is 0 Å². The Hall–Kier alpha value is -0.0700. The van der Waals surface area contributed by atoms with Crippen LogP contribution in [0.1, 0.15) is 46.0 Å². The molecule has 0 aromatic carbocycles. The highest BCUT2D eigenvalue weighted by atomic mass is 35.5. The van der Waals surface area contributed by atoms with Crippen molar-refractivity contribution in [3.63, 3.8) is 0 Å². The fourth-order valence-corrected chi connectivity index (χ4v) is 4.06. The second kappa shape index (κ2) is 12.3. The Morgan fingerprint density at radius 1 is 1.08 bits per heavy atom. The zero-order valence-electron chi connectivity index (χ0n) is 16.0. The maximum absolute atomic E-state index is 12.3. The first-order chi connectivity index (χ1) is 11.0. The summed E-state index contributed by atoms with van der Waals surface area (Å²) < 4.78 is 5.22. The van der Waals surface area contributed by atoms with E-state index >= 15 is 0 Å². The van der Waals surface area contributed by atoms with E-state index in [4.69, 9.17) is 10.5 Å². The first kappa shape index (κ1) is 24.9. The SMILES string of the molecule is COC(CN)CC(=O)N1CCN(C2CCC(C(C)C)CC2)CC1.Cl.Cl. The number of hydrogen-bond acceptors (Lipinski definition) is 4. The molecule has 7 heteroatoms. The van der Waals surface area contributed by atoms with Gasteiger partial charge in [0.15, 0.2) is 0 Å². The number of carbonyl (C=O) groups is 1.